The van der Waals surface area contributed by atoms with Crippen molar-refractivity contribution < 1.29 is 36.5 Å². The van der Waals surface area contributed by atoms with Gasteiger partial charge >= 0.3 is 6.36 Å². The first-order chi connectivity index (χ1) is 11.7. The van der Waals surface area contributed by atoms with Crippen LogP contribution >= 0.6 is 11.3 Å². The van der Waals surface area contributed by atoms with Gasteiger partial charge in [-0.25, -0.2) is 8.78 Å². The molecule has 130 valence electrons. The molecule has 0 spiro atoms. The zero-order valence-corrected chi connectivity index (χ0v) is 13.1. The third-order valence-electron chi connectivity index (χ3n) is 3.06. The van der Waals surface area contributed by atoms with Crippen LogP contribution in [0.2, 0.25) is 0 Å². The average molecular weight is 368 g/mol. The van der Waals surface area contributed by atoms with Gasteiger partial charge in [0, 0.05) is 17.9 Å². The summed E-state index contributed by atoms with van der Waals surface area (Å²) in [6.45, 7) is 0. The Bertz CT molecular complexity index is 894. The van der Waals surface area contributed by atoms with E-state index < -0.39 is 23.7 Å². The van der Waals surface area contributed by atoms with Gasteiger partial charge in [0.2, 0.25) is 1.43 Å². The van der Waals surface area contributed by atoms with Crippen LogP contribution in [0.3, 0.4) is 0 Å². The Labute approximate surface area is 138 Å². The van der Waals surface area contributed by atoms with Gasteiger partial charge in [0.15, 0.2) is 23.1 Å². The average Bonchev–Trinajstić information content (AvgIpc) is 2.91. The number of benzene rings is 2. The quantitative estimate of drug-likeness (QED) is 0.658. The second-order valence-corrected chi connectivity index (χ2v) is 5.38. The molecule has 3 nitrogen and oxygen atoms in total. The Hall–Kier alpha value is -2.13. The molecule has 0 amide bonds. The summed E-state index contributed by atoms with van der Waals surface area (Å²) in [6, 6.07) is 5.05. The summed E-state index contributed by atoms with van der Waals surface area (Å²) in [4.78, 5) is 0. The molecule has 0 saturated heterocycles. The van der Waals surface area contributed by atoms with Crippen molar-refractivity contribution in [2.75, 3.05) is 14.2 Å². The molecule has 0 aliphatic rings. The lowest BCUT2D eigenvalue weighted by atomic mass is 10.1. The van der Waals surface area contributed by atoms with Gasteiger partial charge in [-0.1, -0.05) is 0 Å². The number of rotatable bonds is 2. The minimum Gasteiger partial charge on any atom is -0.494 e. The third-order valence-corrected chi connectivity index (χ3v) is 4.27. The van der Waals surface area contributed by atoms with Crippen molar-refractivity contribution in [3.05, 3.63) is 35.9 Å². The van der Waals surface area contributed by atoms with Crippen molar-refractivity contribution in [3.63, 3.8) is 0 Å². The van der Waals surface area contributed by atoms with Crippen LogP contribution in [0, 0.1) is 11.6 Å². The van der Waals surface area contributed by atoms with E-state index in [9.17, 15) is 22.0 Å². The molecule has 3 rings (SSSR count). The van der Waals surface area contributed by atoms with Crippen LogP contribution in [0.4, 0.5) is 22.0 Å². The number of aliphatic hydroxyl groups excluding tert-OH is 1. The fourth-order valence-electron chi connectivity index (χ4n) is 2.16. The zero-order valence-electron chi connectivity index (χ0n) is 13.3. The Kier molecular flexibility index (Phi) is 4.72. The molecule has 0 atom stereocenters. The van der Waals surface area contributed by atoms with E-state index in [1.807, 2.05) is 0 Å². The summed E-state index contributed by atoms with van der Waals surface area (Å²) in [7, 11) is 2.58. The summed E-state index contributed by atoms with van der Waals surface area (Å²) in [5.41, 5.74) is 0. The SMILES string of the molecule is COc1ccc2c(sc3c(F)c(OC(F)(F)F)ccc32)c1F.[3H]OC. The van der Waals surface area contributed by atoms with Crippen molar-refractivity contribution >= 4 is 31.5 Å². The van der Waals surface area contributed by atoms with Crippen molar-refractivity contribution in [2.45, 2.75) is 6.36 Å². The van der Waals surface area contributed by atoms with Gasteiger partial charge in [-0.3, -0.25) is 0 Å². The van der Waals surface area contributed by atoms with Crippen LogP contribution in [0.1, 0.15) is 0 Å². The maximum Gasteiger partial charge on any atom is 0.573 e. The predicted octanol–water partition coefficient (Wildman–Crippen LogP) is 4.85. The largest absolute Gasteiger partial charge is 0.573 e. The topological polar surface area (TPSA) is 38.7 Å². The summed E-state index contributed by atoms with van der Waals surface area (Å²) < 4.78 is 79.2. The summed E-state index contributed by atoms with van der Waals surface area (Å²) >= 11 is 0.707. The summed E-state index contributed by atoms with van der Waals surface area (Å²) in [5, 5.41) is 4.21. The van der Waals surface area contributed by atoms with E-state index in [2.05, 4.69) is 9.85 Å². The van der Waals surface area contributed by atoms with E-state index in [0.717, 1.165) is 6.07 Å². The molecule has 0 aliphatic carbocycles. The normalized spacial score (nSPS) is 11.9. The van der Waals surface area contributed by atoms with Gasteiger partial charge < -0.3 is 14.6 Å². The molecular formula is C15H11F5O3S. The number of hydrogen-bond acceptors (Lipinski definition) is 4. The smallest absolute Gasteiger partial charge is 0.494 e. The van der Waals surface area contributed by atoms with Crippen LogP contribution in [-0.2, 0) is 0 Å². The fourth-order valence-corrected chi connectivity index (χ4v) is 3.32. The van der Waals surface area contributed by atoms with Crippen molar-refractivity contribution in [2.24, 2.45) is 0 Å². The van der Waals surface area contributed by atoms with E-state index in [0.29, 0.717) is 22.1 Å². The van der Waals surface area contributed by atoms with E-state index in [1.54, 1.807) is 0 Å². The summed E-state index contributed by atoms with van der Waals surface area (Å²) in [6.07, 6.45) is -5.00. The predicted molar refractivity (Wildman–Crippen MR) is 80.6 cm³/mol. The first-order valence-electron chi connectivity index (χ1n) is 6.76. The van der Waals surface area contributed by atoms with Crippen molar-refractivity contribution in [3.8, 4) is 11.5 Å². The highest BCUT2D eigenvalue weighted by Crippen LogP contribution is 2.42. The van der Waals surface area contributed by atoms with Gasteiger partial charge in [0.05, 0.1) is 16.5 Å². The molecule has 0 bridgehead atoms. The van der Waals surface area contributed by atoms with Crippen molar-refractivity contribution in [1.82, 2.24) is 0 Å². The maximum atomic E-state index is 14.2. The first kappa shape index (κ1) is 16.7. The molecule has 0 unspecified atom stereocenters. The molecule has 1 aromatic heterocycles. The first-order valence-corrected chi connectivity index (χ1v) is 7.17. The van der Waals surface area contributed by atoms with Gasteiger partial charge in [0.25, 0.3) is 0 Å². The number of fused-ring (bicyclic) bond motifs is 3. The lowest BCUT2D eigenvalue weighted by molar-refractivity contribution is -0.275. The number of halogens is 5. The highest BCUT2D eigenvalue weighted by Gasteiger charge is 2.33. The highest BCUT2D eigenvalue weighted by atomic mass is 32.1. The minimum atomic E-state index is -5.00. The zero-order chi connectivity index (χ0) is 18.8. The second kappa shape index (κ2) is 6.78. The molecule has 0 radical (unpaired) electrons. The number of aliphatic hydroxyl groups is 1. The molecule has 9 heteroatoms. The molecule has 0 saturated carbocycles. The fraction of sp³-hybridized carbons (Fsp3) is 0.200. The van der Waals surface area contributed by atoms with E-state index in [4.69, 9.17) is 6.17 Å². The van der Waals surface area contributed by atoms with Crippen LogP contribution in [0.5, 0.6) is 11.5 Å². The van der Waals surface area contributed by atoms with Gasteiger partial charge in [-0.05, 0) is 24.3 Å². The Morgan fingerprint density at radius 1 is 1.00 bits per heavy atom. The number of ether oxygens (including phenoxy) is 2. The Morgan fingerprint density at radius 3 is 1.92 bits per heavy atom. The van der Waals surface area contributed by atoms with E-state index >= 15 is 0 Å². The Balaban J connectivity index is 0.000000701. The van der Waals surface area contributed by atoms with Gasteiger partial charge in [-0.2, -0.15) is 0 Å². The molecule has 24 heavy (non-hydrogen) atoms. The lowest BCUT2D eigenvalue weighted by Gasteiger charge is -2.09. The number of hydrogen-bond donors (Lipinski definition) is 1. The highest BCUT2D eigenvalue weighted by molar-refractivity contribution is 7.25. The number of thiophene rings is 1. The standard InChI is InChI=1S/C14H7F5O2S.CH4O/c1-20-8-4-2-6-7-3-5-9(21-14(17,18)19)11(16)13(7)22-12(6)10(8)15;1-2/h2-5H,1H3;2H,1H3/i;2T. The molecule has 3 aromatic rings. The summed E-state index contributed by atoms with van der Waals surface area (Å²) in [5.74, 6) is -2.82. The van der Waals surface area contributed by atoms with Crippen LogP contribution in [0.25, 0.3) is 20.2 Å². The van der Waals surface area contributed by atoms with Gasteiger partial charge in [-0.15, -0.1) is 24.5 Å². The molecular weight excluding hydrogens is 355 g/mol. The molecule has 0 aliphatic heterocycles. The van der Waals surface area contributed by atoms with Crippen LogP contribution in [-0.4, -0.2) is 27.1 Å². The Morgan fingerprint density at radius 2 is 1.46 bits per heavy atom. The number of alkyl halides is 3. The van der Waals surface area contributed by atoms with Crippen LogP contribution < -0.4 is 9.47 Å². The van der Waals surface area contributed by atoms with Crippen molar-refractivity contribution in [1.29, 1.82) is 1.43 Å². The molecule has 1 heterocycles. The second-order valence-electron chi connectivity index (χ2n) is 4.36. The third kappa shape index (κ3) is 3.22. The lowest BCUT2D eigenvalue weighted by Crippen LogP contribution is -2.17. The number of methoxy groups -OCH3 is 1. The molecule has 0 fully saturated rings. The van der Waals surface area contributed by atoms with Crippen LogP contribution in [0.15, 0.2) is 24.3 Å². The minimum absolute atomic E-state index is 0.0220. The molecule has 1 N–H and O–H groups in total. The van der Waals surface area contributed by atoms with Gasteiger partial charge in [0.1, 0.15) is 0 Å². The van der Waals surface area contributed by atoms with E-state index in [1.165, 1.54) is 32.4 Å². The monoisotopic (exact) mass is 368 g/mol. The molecule has 2 aromatic carbocycles. The van der Waals surface area contributed by atoms with E-state index in [-0.39, 0.29) is 15.1 Å². The maximum absolute atomic E-state index is 14.2.